The molecule has 1 aromatic heterocycles. The number of hydrogen-bond acceptors (Lipinski definition) is 3. The van der Waals surface area contributed by atoms with Gasteiger partial charge in [0.1, 0.15) is 5.82 Å². The Bertz CT molecular complexity index is 584. The molecule has 0 saturated heterocycles. The van der Waals surface area contributed by atoms with E-state index >= 15 is 0 Å². The summed E-state index contributed by atoms with van der Waals surface area (Å²) in [5.41, 5.74) is 0. The largest absolute Gasteiger partial charge is 0.391 e. The molecule has 23 heavy (non-hydrogen) atoms. The molecule has 1 aliphatic heterocycles. The van der Waals surface area contributed by atoms with Crippen LogP contribution in [0.4, 0.5) is 13.2 Å². The minimum atomic E-state index is -4.20. The highest BCUT2D eigenvalue weighted by molar-refractivity contribution is 5.79. The summed E-state index contributed by atoms with van der Waals surface area (Å²) in [6.45, 7) is 3.48. The lowest BCUT2D eigenvalue weighted by molar-refractivity contribution is -0.187. The van der Waals surface area contributed by atoms with Crippen molar-refractivity contribution >= 4 is 5.91 Å². The highest BCUT2D eigenvalue weighted by Gasteiger charge is 2.44. The van der Waals surface area contributed by atoms with E-state index in [1.54, 1.807) is 4.90 Å². The summed E-state index contributed by atoms with van der Waals surface area (Å²) in [4.78, 5) is 14.3. The van der Waals surface area contributed by atoms with E-state index in [0.717, 1.165) is 18.1 Å². The van der Waals surface area contributed by atoms with Crippen molar-refractivity contribution < 1.29 is 18.0 Å². The molecule has 0 spiro atoms. The van der Waals surface area contributed by atoms with E-state index in [-0.39, 0.29) is 18.7 Å². The second kappa shape index (κ2) is 6.13. The Morgan fingerprint density at radius 1 is 1.26 bits per heavy atom. The summed E-state index contributed by atoms with van der Waals surface area (Å²) in [5.74, 6) is -0.404. The standard InChI is InChI=1S/C15H21F3N4O/c1-2-12-19-20-13-9-21(6-7-22(12)13)14(23)10-4-3-5-11(8-10)15(16,17)18/h10-11H,2-9H2,1H3. The van der Waals surface area contributed by atoms with Crippen LogP contribution in [-0.4, -0.2) is 38.3 Å². The quantitative estimate of drug-likeness (QED) is 0.837. The molecule has 5 nitrogen and oxygen atoms in total. The number of carbonyl (C=O) groups is 1. The summed E-state index contributed by atoms with van der Waals surface area (Å²) in [5, 5.41) is 8.19. The molecular weight excluding hydrogens is 309 g/mol. The van der Waals surface area contributed by atoms with Crippen molar-refractivity contribution in [3.05, 3.63) is 11.6 Å². The van der Waals surface area contributed by atoms with Crippen molar-refractivity contribution in [2.45, 2.75) is 58.3 Å². The minimum Gasteiger partial charge on any atom is -0.333 e. The maximum atomic E-state index is 12.9. The Morgan fingerprint density at radius 3 is 2.74 bits per heavy atom. The monoisotopic (exact) mass is 330 g/mol. The first kappa shape index (κ1) is 16.3. The first-order valence-corrected chi connectivity index (χ1v) is 8.16. The van der Waals surface area contributed by atoms with E-state index < -0.39 is 18.0 Å². The van der Waals surface area contributed by atoms with Gasteiger partial charge in [-0.2, -0.15) is 13.2 Å². The lowest BCUT2D eigenvalue weighted by Gasteiger charge is -2.35. The molecule has 1 aliphatic carbocycles. The average Bonchev–Trinajstić information content (AvgIpc) is 2.95. The van der Waals surface area contributed by atoms with Gasteiger partial charge in [-0.25, -0.2) is 0 Å². The molecule has 0 radical (unpaired) electrons. The third kappa shape index (κ3) is 3.21. The van der Waals surface area contributed by atoms with Gasteiger partial charge in [0.25, 0.3) is 0 Å². The van der Waals surface area contributed by atoms with E-state index in [0.29, 0.717) is 32.5 Å². The predicted octanol–water partition coefficient (Wildman–Crippen LogP) is 2.55. The summed E-state index contributed by atoms with van der Waals surface area (Å²) in [7, 11) is 0. The SMILES string of the molecule is CCc1nnc2n1CCN(C(=O)C1CCCC(C(F)(F)F)C1)C2. The number of nitrogens with zero attached hydrogens (tertiary/aromatic N) is 4. The Balaban J connectivity index is 1.67. The minimum absolute atomic E-state index is 0.0776. The molecule has 0 aromatic carbocycles. The maximum Gasteiger partial charge on any atom is 0.391 e. The van der Waals surface area contributed by atoms with Gasteiger partial charge in [0, 0.05) is 25.4 Å². The molecule has 1 fully saturated rings. The van der Waals surface area contributed by atoms with Crippen LogP contribution >= 0.6 is 0 Å². The Hall–Kier alpha value is -1.60. The van der Waals surface area contributed by atoms with Crippen LogP contribution in [0.1, 0.15) is 44.3 Å². The van der Waals surface area contributed by atoms with Gasteiger partial charge in [-0.15, -0.1) is 10.2 Å². The van der Waals surface area contributed by atoms with Gasteiger partial charge in [0.2, 0.25) is 5.91 Å². The molecule has 3 rings (SSSR count). The number of rotatable bonds is 2. The fraction of sp³-hybridized carbons (Fsp3) is 0.800. The van der Waals surface area contributed by atoms with Gasteiger partial charge < -0.3 is 9.47 Å². The molecular formula is C15H21F3N4O. The highest BCUT2D eigenvalue weighted by Crippen LogP contribution is 2.40. The van der Waals surface area contributed by atoms with Crippen molar-refractivity contribution in [1.29, 1.82) is 0 Å². The zero-order chi connectivity index (χ0) is 16.6. The van der Waals surface area contributed by atoms with Gasteiger partial charge in [-0.05, 0) is 19.3 Å². The summed E-state index contributed by atoms with van der Waals surface area (Å²) in [6, 6.07) is 0. The van der Waals surface area contributed by atoms with Crippen LogP contribution in [0.25, 0.3) is 0 Å². The molecule has 1 aromatic rings. The predicted molar refractivity (Wildman–Crippen MR) is 76.3 cm³/mol. The topological polar surface area (TPSA) is 51.0 Å². The van der Waals surface area contributed by atoms with Gasteiger partial charge in [-0.3, -0.25) is 4.79 Å². The number of halogens is 3. The molecule has 8 heteroatoms. The van der Waals surface area contributed by atoms with Gasteiger partial charge in [0.15, 0.2) is 5.82 Å². The van der Waals surface area contributed by atoms with Crippen LogP contribution in [0.3, 0.4) is 0 Å². The van der Waals surface area contributed by atoms with E-state index in [1.165, 1.54) is 0 Å². The molecule has 2 aliphatic rings. The Labute approximate surface area is 132 Å². The fourth-order valence-corrected chi connectivity index (χ4v) is 3.64. The third-order valence-electron chi connectivity index (χ3n) is 4.94. The number of aryl methyl sites for hydroxylation is 1. The van der Waals surface area contributed by atoms with Crippen molar-refractivity contribution in [3.8, 4) is 0 Å². The zero-order valence-electron chi connectivity index (χ0n) is 13.1. The smallest absolute Gasteiger partial charge is 0.333 e. The van der Waals surface area contributed by atoms with Crippen molar-refractivity contribution in [2.24, 2.45) is 11.8 Å². The maximum absolute atomic E-state index is 12.9. The molecule has 128 valence electrons. The second-order valence-corrected chi connectivity index (χ2v) is 6.40. The lowest BCUT2D eigenvalue weighted by atomic mass is 9.80. The number of alkyl halides is 3. The molecule has 0 bridgehead atoms. The van der Waals surface area contributed by atoms with Gasteiger partial charge in [-0.1, -0.05) is 13.3 Å². The molecule has 1 saturated carbocycles. The first-order valence-electron chi connectivity index (χ1n) is 8.16. The molecule has 0 N–H and O–H groups in total. The first-order chi connectivity index (χ1) is 10.9. The van der Waals surface area contributed by atoms with E-state index in [4.69, 9.17) is 0 Å². The van der Waals surface area contributed by atoms with E-state index in [1.807, 2.05) is 11.5 Å². The van der Waals surface area contributed by atoms with Crippen LogP contribution in [-0.2, 0) is 24.3 Å². The number of aromatic nitrogens is 3. The van der Waals surface area contributed by atoms with Crippen LogP contribution in [0.15, 0.2) is 0 Å². The number of fused-ring (bicyclic) bond motifs is 1. The zero-order valence-corrected chi connectivity index (χ0v) is 13.1. The fourth-order valence-electron chi connectivity index (χ4n) is 3.64. The normalized spacial score (nSPS) is 25.3. The highest BCUT2D eigenvalue weighted by atomic mass is 19.4. The number of carbonyl (C=O) groups excluding carboxylic acids is 1. The van der Waals surface area contributed by atoms with Crippen molar-refractivity contribution in [3.63, 3.8) is 0 Å². The van der Waals surface area contributed by atoms with Gasteiger partial charge in [0.05, 0.1) is 12.5 Å². The van der Waals surface area contributed by atoms with E-state index in [2.05, 4.69) is 10.2 Å². The van der Waals surface area contributed by atoms with Crippen molar-refractivity contribution in [1.82, 2.24) is 19.7 Å². The Morgan fingerprint density at radius 2 is 2.04 bits per heavy atom. The second-order valence-electron chi connectivity index (χ2n) is 6.40. The lowest BCUT2D eigenvalue weighted by Crippen LogP contribution is -2.44. The van der Waals surface area contributed by atoms with Crippen LogP contribution in [0.5, 0.6) is 0 Å². The van der Waals surface area contributed by atoms with Crippen LogP contribution in [0, 0.1) is 11.8 Å². The molecule has 1 amide bonds. The summed E-state index contributed by atoms with van der Waals surface area (Å²) < 4.78 is 40.7. The summed E-state index contributed by atoms with van der Waals surface area (Å²) in [6.07, 6.45) is -2.35. The van der Waals surface area contributed by atoms with Crippen LogP contribution in [0.2, 0.25) is 0 Å². The molecule has 2 heterocycles. The van der Waals surface area contributed by atoms with Crippen LogP contribution < -0.4 is 0 Å². The molecule has 2 unspecified atom stereocenters. The average molecular weight is 330 g/mol. The van der Waals surface area contributed by atoms with Gasteiger partial charge >= 0.3 is 6.18 Å². The number of hydrogen-bond donors (Lipinski definition) is 0. The third-order valence-corrected chi connectivity index (χ3v) is 4.94. The van der Waals surface area contributed by atoms with E-state index in [9.17, 15) is 18.0 Å². The van der Waals surface area contributed by atoms with Crippen molar-refractivity contribution in [2.75, 3.05) is 6.54 Å². The molecule has 2 atom stereocenters. The summed E-state index contributed by atoms with van der Waals surface area (Å²) >= 11 is 0. The Kier molecular flexibility index (Phi) is 4.33. The number of amides is 1.